The summed E-state index contributed by atoms with van der Waals surface area (Å²) in [6, 6.07) is 21.9. The molecule has 37 heavy (non-hydrogen) atoms. The molecule has 1 aliphatic rings. The Bertz CT molecular complexity index is 1360. The predicted molar refractivity (Wildman–Crippen MR) is 147 cm³/mol. The number of benzene rings is 3. The number of piperidine rings is 1. The van der Waals surface area contributed by atoms with Crippen LogP contribution < -0.4 is 20.9 Å². The zero-order valence-electron chi connectivity index (χ0n) is 20.6. The molecule has 8 heteroatoms. The summed E-state index contributed by atoms with van der Waals surface area (Å²) in [5.74, 6) is -0.466. The summed E-state index contributed by atoms with van der Waals surface area (Å²) >= 11 is 0. The number of aryl methyl sites for hydroxylation is 1. The summed E-state index contributed by atoms with van der Waals surface area (Å²) in [4.78, 5) is 14.6. The van der Waals surface area contributed by atoms with Gasteiger partial charge < -0.3 is 26.0 Å². The van der Waals surface area contributed by atoms with Crippen LogP contribution in [-0.2, 0) is 0 Å². The molecule has 0 saturated carbocycles. The molecule has 0 radical (unpaired) electrons. The number of carbonyl (C=O) groups is 1. The maximum absolute atomic E-state index is 14.7. The number of rotatable bonds is 6. The van der Waals surface area contributed by atoms with Crippen molar-refractivity contribution in [1.82, 2.24) is 4.57 Å². The van der Waals surface area contributed by atoms with Gasteiger partial charge in [-0.05, 0) is 98.1 Å². The molecule has 0 bridgehead atoms. The van der Waals surface area contributed by atoms with Crippen LogP contribution in [0.15, 0.2) is 85.2 Å². The summed E-state index contributed by atoms with van der Waals surface area (Å²) in [5.41, 5.74) is 5.45. The quantitative estimate of drug-likeness (QED) is 0.245. The third-order valence-corrected chi connectivity index (χ3v) is 6.45. The number of anilines is 6. The highest BCUT2D eigenvalue weighted by atomic mass is 19.1. The molecule has 4 aromatic rings. The predicted octanol–water partition coefficient (Wildman–Crippen LogP) is 6.46. The number of amides is 1. The number of halogens is 1. The first-order chi connectivity index (χ1) is 17.9. The Kier molecular flexibility index (Phi) is 7.09. The zero-order valence-corrected chi connectivity index (χ0v) is 20.6. The standard InChI is InChI=1S/C29H30FN5O2/c1-20-12-15-35(19-20)29(37)33-24-8-11-28(27(30)18-24)32-23-4-2-21(3-5-23)31-22-6-9-25(10-7-22)34-16-13-26(36)14-17-34/h2-12,15,18-19,26,31-32,36H,13-14,16-17H2,1H3,(H,33,37). The van der Waals surface area contributed by atoms with Crippen LogP contribution in [-0.4, -0.2) is 34.9 Å². The van der Waals surface area contributed by atoms with E-state index < -0.39 is 5.82 Å². The van der Waals surface area contributed by atoms with Crippen molar-refractivity contribution in [2.24, 2.45) is 0 Å². The second kappa shape index (κ2) is 10.8. The highest BCUT2D eigenvalue weighted by Gasteiger charge is 2.17. The van der Waals surface area contributed by atoms with Crippen LogP contribution in [0.1, 0.15) is 18.4 Å². The second-order valence-corrected chi connectivity index (χ2v) is 9.31. The number of aromatic nitrogens is 1. The first-order valence-corrected chi connectivity index (χ1v) is 12.4. The summed E-state index contributed by atoms with van der Waals surface area (Å²) in [7, 11) is 0. The van der Waals surface area contributed by atoms with Crippen molar-refractivity contribution in [3.05, 3.63) is 96.6 Å². The molecule has 5 rings (SSSR count). The summed E-state index contributed by atoms with van der Waals surface area (Å²) < 4.78 is 16.1. The minimum Gasteiger partial charge on any atom is -0.393 e. The molecule has 3 aromatic carbocycles. The van der Waals surface area contributed by atoms with Gasteiger partial charge in [-0.2, -0.15) is 0 Å². The number of hydrogen-bond donors (Lipinski definition) is 4. The Morgan fingerprint density at radius 2 is 1.46 bits per heavy atom. The van der Waals surface area contributed by atoms with E-state index in [0.717, 1.165) is 54.2 Å². The van der Waals surface area contributed by atoms with E-state index in [1.807, 2.05) is 49.4 Å². The largest absolute Gasteiger partial charge is 0.393 e. The third-order valence-electron chi connectivity index (χ3n) is 6.45. The molecule has 190 valence electrons. The average Bonchev–Trinajstić information content (AvgIpc) is 3.34. The van der Waals surface area contributed by atoms with E-state index >= 15 is 0 Å². The van der Waals surface area contributed by atoms with Crippen LogP contribution in [0, 0.1) is 12.7 Å². The SMILES string of the molecule is Cc1ccn(C(=O)Nc2ccc(Nc3ccc(Nc4ccc(N5CCC(O)CC5)cc4)cc3)c(F)c2)c1. The number of hydrogen-bond acceptors (Lipinski definition) is 5. The number of aliphatic hydroxyl groups excluding tert-OH is 1. The Labute approximate surface area is 215 Å². The molecule has 1 aromatic heterocycles. The van der Waals surface area contributed by atoms with Crippen molar-refractivity contribution in [2.75, 3.05) is 33.9 Å². The third kappa shape index (κ3) is 6.10. The average molecular weight is 500 g/mol. The highest BCUT2D eigenvalue weighted by molar-refractivity contribution is 5.91. The Balaban J connectivity index is 1.17. The number of nitrogens with one attached hydrogen (secondary N) is 3. The molecule has 0 aliphatic carbocycles. The topological polar surface area (TPSA) is 81.6 Å². The van der Waals surface area contributed by atoms with E-state index in [1.165, 1.54) is 10.6 Å². The maximum Gasteiger partial charge on any atom is 0.329 e. The van der Waals surface area contributed by atoms with Crippen LogP contribution in [0.4, 0.5) is 43.3 Å². The van der Waals surface area contributed by atoms with E-state index in [9.17, 15) is 14.3 Å². The van der Waals surface area contributed by atoms with Crippen LogP contribution in [0.25, 0.3) is 0 Å². The van der Waals surface area contributed by atoms with Crippen LogP contribution in [0.3, 0.4) is 0 Å². The molecule has 0 spiro atoms. The van der Waals surface area contributed by atoms with Crippen molar-refractivity contribution in [3.8, 4) is 0 Å². The normalized spacial score (nSPS) is 13.9. The van der Waals surface area contributed by atoms with Crippen LogP contribution in [0.5, 0.6) is 0 Å². The molecular formula is C29H30FN5O2. The van der Waals surface area contributed by atoms with Crippen molar-refractivity contribution >= 4 is 40.2 Å². The van der Waals surface area contributed by atoms with Crippen LogP contribution >= 0.6 is 0 Å². The molecule has 7 nitrogen and oxygen atoms in total. The Hall–Kier alpha value is -4.30. The minimum atomic E-state index is -0.466. The van der Waals surface area contributed by atoms with Crippen molar-refractivity contribution in [1.29, 1.82) is 0 Å². The van der Waals surface area contributed by atoms with Gasteiger partial charge in [0.15, 0.2) is 0 Å². The van der Waals surface area contributed by atoms with E-state index in [2.05, 4.69) is 33.0 Å². The molecule has 1 aliphatic heterocycles. The molecule has 4 N–H and O–H groups in total. The second-order valence-electron chi connectivity index (χ2n) is 9.31. The number of nitrogens with zero attached hydrogens (tertiary/aromatic N) is 2. The van der Waals surface area contributed by atoms with Gasteiger partial charge in [-0.15, -0.1) is 0 Å². The molecular weight excluding hydrogens is 469 g/mol. The maximum atomic E-state index is 14.7. The van der Waals surface area contributed by atoms with E-state index in [0.29, 0.717) is 11.4 Å². The molecule has 1 saturated heterocycles. The molecule has 1 fully saturated rings. The smallest absolute Gasteiger partial charge is 0.329 e. The fourth-order valence-corrected chi connectivity index (χ4v) is 4.35. The lowest BCUT2D eigenvalue weighted by atomic mass is 10.1. The first kappa shape index (κ1) is 24.4. The van der Waals surface area contributed by atoms with Gasteiger partial charge >= 0.3 is 6.03 Å². The number of aliphatic hydroxyl groups is 1. The lowest BCUT2D eigenvalue weighted by Crippen LogP contribution is -2.35. The summed E-state index contributed by atoms with van der Waals surface area (Å²) in [6.07, 6.45) is 4.79. The minimum absolute atomic E-state index is 0.182. The molecule has 2 heterocycles. The lowest BCUT2D eigenvalue weighted by Gasteiger charge is -2.31. The van der Waals surface area contributed by atoms with E-state index in [-0.39, 0.29) is 12.1 Å². The van der Waals surface area contributed by atoms with Gasteiger partial charge in [0.05, 0.1) is 11.8 Å². The monoisotopic (exact) mass is 499 g/mol. The first-order valence-electron chi connectivity index (χ1n) is 12.4. The zero-order chi connectivity index (χ0) is 25.8. The van der Waals surface area contributed by atoms with Crippen molar-refractivity contribution in [3.63, 3.8) is 0 Å². The van der Waals surface area contributed by atoms with Gasteiger partial charge in [0, 0.05) is 53.9 Å². The summed E-state index contributed by atoms with van der Waals surface area (Å²) in [6.45, 7) is 3.63. The van der Waals surface area contributed by atoms with Gasteiger partial charge in [0.25, 0.3) is 0 Å². The Morgan fingerprint density at radius 1 is 0.865 bits per heavy atom. The van der Waals surface area contributed by atoms with Gasteiger partial charge in [0.1, 0.15) is 5.82 Å². The fraction of sp³-hybridized carbons (Fsp3) is 0.207. The van der Waals surface area contributed by atoms with E-state index in [1.54, 1.807) is 24.5 Å². The Morgan fingerprint density at radius 3 is 2.05 bits per heavy atom. The van der Waals surface area contributed by atoms with Gasteiger partial charge in [-0.3, -0.25) is 4.57 Å². The van der Waals surface area contributed by atoms with Crippen molar-refractivity contribution < 1.29 is 14.3 Å². The highest BCUT2D eigenvalue weighted by Crippen LogP contribution is 2.27. The van der Waals surface area contributed by atoms with Crippen LogP contribution in [0.2, 0.25) is 0 Å². The summed E-state index contributed by atoms with van der Waals surface area (Å²) in [5, 5.41) is 18.9. The van der Waals surface area contributed by atoms with Gasteiger partial charge in [-0.25, -0.2) is 9.18 Å². The van der Waals surface area contributed by atoms with E-state index in [4.69, 9.17) is 0 Å². The molecule has 1 amide bonds. The fourth-order valence-electron chi connectivity index (χ4n) is 4.35. The van der Waals surface area contributed by atoms with Gasteiger partial charge in [-0.1, -0.05) is 0 Å². The van der Waals surface area contributed by atoms with Crippen molar-refractivity contribution in [2.45, 2.75) is 25.9 Å². The molecule has 0 atom stereocenters. The molecule has 0 unspecified atom stereocenters. The number of carbonyl (C=O) groups excluding carboxylic acids is 1. The van der Waals surface area contributed by atoms with Gasteiger partial charge in [0.2, 0.25) is 0 Å². The lowest BCUT2D eigenvalue weighted by molar-refractivity contribution is 0.145.